The summed E-state index contributed by atoms with van der Waals surface area (Å²) in [6.45, 7) is 0.544. The summed E-state index contributed by atoms with van der Waals surface area (Å²) in [5.41, 5.74) is 12.4. The quantitative estimate of drug-likeness (QED) is 0.867. The van der Waals surface area contributed by atoms with E-state index in [1.165, 1.54) is 0 Å². The third-order valence-corrected chi connectivity index (χ3v) is 3.00. The summed E-state index contributed by atoms with van der Waals surface area (Å²) >= 11 is 3.40. The Morgan fingerprint density at radius 2 is 1.88 bits per heavy atom. The second kappa shape index (κ2) is 6.08. The Bertz CT molecular complexity index is 358. The highest BCUT2D eigenvalue weighted by molar-refractivity contribution is 9.10. The Labute approximate surface area is 104 Å². The molecule has 0 saturated heterocycles. The van der Waals surface area contributed by atoms with Crippen LogP contribution in [-0.4, -0.2) is 20.8 Å². The van der Waals surface area contributed by atoms with E-state index in [1.807, 2.05) is 12.1 Å². The van der Waals surface area contributed by atoms with Gasteiger partial charge < -0.3 is 20.9 Å². The van der Waals surface area contributed by atoms with E-state index < -0.39 is 0 Å². The van der Waals surface area contributed by atoms with E-state index in [9.17, 15) is 0 Å². The summed E-state index contributed by atoms with van der Waals surface area (Å²) in [5, 5.41) is 0. The van der Waals surface area contributed by atoms with Crippen molar-refractivity contribution in [2.75, 3.05) is 20.8 Å². The van der Waals surface area contributed by atoms with Crippen LogP contribution in [0.5, 0.6) is 11.5 Å². The molecule has 0 bridgehead atoms. The van der Waals surface area contributed by atoms with Crippen molar-refractivity contribution in [2.24, 2.45) is 11.5 Å². The monoisotopic (exact) mass is 288 g/mol. The summed E-state index contributed by atoms with van der Waals surface area (Å²) in [6, 6.07) is 3.59. The smallest absolute Gasteiger partial charge is 0.133 e. The van der Waals surface area contributed by atoms with Crippen molar-refractivity contribution < 1.29 is 9.47 Å². The molecule has 1 aromatic carbocycles. The van der Waals surface area contributed by atoms with Crippen LogP contribution < -0.4 is 20.9 Å². The van der Waals surface area contributed by atoms with Gasteiger partial charge in [-0.1, -0.05) is 0 Å². The van der Waals surface area contributed by atoms with Gasteiger partial charge in [-0.15, -0.1) is 0 Å². The number of nitrogens with two attached hydrogens (primary N) is 2. The predicted molar refractivity (Wildman–Crippen MR) is 67.8 cm³/mol. The van der Waals surface area contributed by atoms with Crippen molar-refractivity contribution in [3.8, 4) is 11.5 Å². The Kier molecular flexibility index (Phi) is 5.05. The lowest BCUT2D eigenvalue weighted by Gasteiger charge is -2.17. The molecule has 1 aromatic rings. The zero-order valence-corrected chi connectivity index (χ0v) is 11.1. The molecule has 0 aromatic heterocycles. The molecule has 0 spiro atoms. The second-order valence-corrected chi connectivity index (χ2v) is 4.27. The van der Waals surface area contributed by atoms with Crippen LogP contribution in [0.2, 0.25) is 0 Å². The molecule has 0 radical (unpaired) electrons. The highest BCUT2D eigenvalue weighted by Crippen LogP contribution is 2.35. The molecule has 90 valence electrons. The average Bonchev–Trinajstić information content (AvgIpc) is 2.28. The van der Waals surface area contributed by atoms with E-state index in [-0.39, 0.29) is 6.04 Å². The van der Waals surface area contributed by atoms with Gasteiger partial charge in [-0.2, -0.15) is 0 Å². The molecule has 0 aliphatic carbocycles. The predicted octanol–water partition coefficient (Wildman–Crippen LogP) is 1.81. The molecule has 16 heavy (non-hydrogen) atoms. The minimum absolute atomic E-state index is 0.137. The first kappa shape index (κ1) is 13.3. The number of benzene rings is 1. The van der Waals surface area contributed by atoms with Crippen molar-refractivity contribution in [3.63, 3.8) is 0 Å². The van der Waals surface area contributed by atoms with Gasteiger partial charge in [0.05, 0.1) is 18.7 Å². The Hall–Kier alpha value is -0.780. The van der Waals surface area contributed by atoms with E-state index in [4.69, 9.17) is 20.9 Å². The van der Waals surface area contributed by atoms with E-state index in [0.717, 1.165) is 21.5 Å². The summed E-state index contributed by atoms with van der Waals surface area (Å²) in [4.78, 5) is 0. The molecule has 4 N–H and O–H groups in total. The third kappa shape index (κ3) is 2.87. The molecule has 0 aliphatic heterocycles. The standard InChI is InChI=1S/C11H17BrN2O2/c1-15-10-6-8(12)11(16-2)5-7(10)9(14)3-4-13/h5-6,9H,3-4,13-14H2,1-2H3/t9-/m0/s1. The van der Waals surface area contributed by atoms with Crippen LogP contribution in [0.25, 0.3) is 0 Å². The average molecular weight is 289 g/mol. The van der Waals surface area contributed by atoms with Gasteiger partial charge in [0, 0.05) is 11.6 Å². The molecule has 0 amide bonds. The molecule has 5 heteroatoms. The second-order valence-electron chi connectivity index (χ2n) is 3.41. The maximum Gasteiger partial charge on any atom is 0.133 e. The van der Waals surface area contributed by atoms with E-state index in [0.29, 0.717) is 13.0 Å². The van der Waals surface area contributed by atoms with Crippen LogP contribution in [0.15, 0.2) is 16.6 Å². The first-order valence-electron chi connectivity index (χ1n) is 5.01. The van der Waals surface area contributed by atoms with Crippen molar-refractivity contribution >= 4 is 15.9 Å². The molecule has 1 rings (SSSR count). The highest BCUT2D eigenvalue weighted by Gasteiger charge is 2.15. The molecule has 0 heterocycles. The van der Waals surface area contributed by atoms with Crippen LogP contribution in [0.4, 0.5) is 0 Å². The maximum atomic E-state index is 6.02. The van der Waals surface area contributed by atoms with E-state index in [2.05, 4.69) is 15.9 Å². The molecule has 0 saturated carbocycles. The van der Waals surface area contributed by atoms with Gasteiger partial charge >= 0.3 is 0 Å². The normalized spacial score (nSPS) is 12.3. The number of methoxy groups -OCH3 is 2. The Balaban J connectivity index is 3.13. The van der Waals surface area contributed by atoms with Crippen LogP contribution in [0, 0.1) is 0 Å². The topological polar surface area (TPSA) is 70.5 Å². The first-order chi connectivity index (χ1) is 7.63. The van der Waals surface area contributed by atoms with Crippen LogP contribution >= 0.6 is 15.9 Å². The Morgan fingerprint density at radius 1 is 1.25 bits per heavy atom. The fourth-order valence-corrected chi connectivity index (χ4v) is 1.99. The molecule has 0 aliphatic rings. The van der Waals surface area contributed by atoms with Crippen LogP contribution in [0.3, 0.4) is 0 Å². The lowest BCUT2D eigenvalue weighted by atomic mass is 10.0. The van der Waals surface area contributed by atoms with Crippen molar-refractivity contribution in [2.45, 2.75) is 12.5 Å². The number of ether oxygens (including phenoxy) is 2. The number of halogens is 1. The van der Waals surface area contributed by atoms with Gasteiger partial charge in [-0.25, -0.2) is 0 Å². The molecular weight excluding hydrogens is 272 g/mol. The number of rotatable bonds is 5. The van der Waals surface area contributed by atoms with E-state index in [1.54, 1.807) is 14.2 Å². The fraction of sp³-hybridized carbons (Fsp3) is 0.455. The molecule has 4 nitrogen and oxygen atoms in total. The first-order valence-corrected chi connectivity index (χ1v) is 5.80. The third-order valence-electron chi connectivity index (χ3n) is 2.38. The summed E-state index contributed by atoms with van der Waals surface area (Å²) < 4.78 is 11.4. The van der Waals surface area contributed by atoms with Crippen molar-refractivity contribution in [1.82, 2.24) is 0 Å². The minimum atomic E-state index is -0.137. The lowest BCUT2D eigenvalue weighted by molar-refractivity contribution is 0.392. The Morgan fingerprint density at radius 3 is 2.38 bits per heavy atom. The van der Waals surface area contributed by atoms with E-state index >= 15 is 0 Å². The zero-order valence-electron chi connectivity index (χ0n) is 9.50. The lowest BCUT2D eigenvalue weighted by Crippen LogP contribution is -2.16. The van der Waals surface area contributed by atoms with Gasteiger partial charge in [-0.3, -0.25) is 0 Å². The summed E-state index contributed by atoms with van der Waals surface area (Å²) in [5.74, 6) is 1.48. The largest absolute Gasteiger partial charge is 0.496 e. The maximum absolute atomic E-state index is 6.02. The molecule has 0 fully saturated rings. The van der Waals surface area contributed by atoms with Crippen LogP contribution in [-0.2, 0) is 0 Å². The van der Waals surface area contributed by atoms with Gasteiger partial charge in [0.1, 0.15) is 11.5 Å². The molecule has 1 atom stereocenters. The number of hydrogen-bond acceptors (Lipinski definition) is 4. The molecule has 0 unspecified atom stereocenters. The van der Waals surface area contributed by atoms with Gasteiger partial charge in [0.2, 0.25) is 0 Å². The fourth-order valence-electron chi connectivity index (χ4n) is 1.51. The SMILES string of the molecule is COc1cc([C@@H](N)CCN)c(OC)cc1Br. The van der Waals surface area contributed by atoms with Gasteiger partial charge in [0.15, 0.2) is 0 Å². The number of hydrogen-bond donors (Lipinski definition) is 2. The van der Waals surface area contributed by atoms with Crippen LogP contribution in [0.1, 0.15) is 18.0 Å². The van der Waals surface area contributed by atoms with Gasteiger partial charge in [-0.05, 0) is 41.0 Å². The van der Waals surface area contributed by atoms with Crippen molar-refractivity contribution in [3.05, 3.63) is 22.2 Å². The summed E-state index contributed by atoms with van der Waals surface area (Å²) in [6.07, 6.45) is 0.709. The summed E-state index contributed by atoms with van der Waals surface area (Å²) in [7, 11) is 3.23. The zero-order chi connectivity index (χ0) is 12.1. The van der Waals surface area contributed by atoms with Gasteiger partial charge in [0.25, 0.3) is 0 Å². The highest BCUT2D eigenvalue weighted by atomic mass is 79.9. The van der Waals surface area contributed by atoms with Crippen molar-refractivity contribution in [1.29, 1.82) is 0 Å². The minimum Gasteiger partial charge on any atom is -0.496 e. The molecular formula is C11H17BrN2O2.